The summed E-state index contributed by atoms with van der Waals surface area (Å²) < 4.78 is 10.3. The van der Waals surface area contributed by atoms with Crippen LogP contribution < -0.4 is 4.74 Å². The first kappa shape index (κ1) is 14.2. The van der Waals surface area contributed by atoms with Gasteiger partial charge < -0.3 is 14.6 Å². The Morgan fingerprint density at radius 2 is 2.30 bits per heavy atom. The third kappa shape index (κ3) is 3.20. The quantitative estimate of drug-likeness (QED) is 0.890. The summed E-state index contributed by atoms with van der Waals surface area (Å²) in [5.74, 6) is -0.271. The number of aliphatic carboxylic acids is 1. The molecule has 6 heteroatoms. The monoisotopic (exact) mass is 279 g/mol. The zero-order chi connectivity index (χ0) is 14.8. The van der Waals surface area contributed by atoms with E-state index >= 15 is 0 Å². The summed E-state index contributed by atoms with van der Waals surface area (Å²) in [4.78, 5) is 24.1. The van der Waals surface area contributed by atoms with E-state index in [1.807, 2.05) is 24.3 Å². The molecule has 1 heterocycles. The molecule has 6 nitrogen and oxygen atoms in total. The second-order valence-corrected chi connectivity index (χ2v) is 5.10. The van der Waals surface area contributed by atoms with Gasteiger partial charge in [0.1, 0.15) is 11.4 Å². The highest BCUT2D eigenvalue weighted by Crippen LogP contribution is 2.27. The number of carbonyl (C=O) groups excluding carboxylic acids is 1. The van der Waals surface area contributed by atoms with Crippen molar-refractivity contribution >= 4 is 12.1 Å². The number of cyclic esters (lactones) is 1. The van der Waals surface area contributed by atoms with Crippen LogP contribution in [-0.2, 0) is 16.1 Å². The molecular formula is C14H17NO5. The molecule has 0 saturated carbocycles. The highest BCUT2D eigenvalue weighted by Gasteiger charge is 2.42. The number of methoxy groups -OCH3 is 1. The van der Waals surface area contributed by atoms with Gasteiger partial charge in [-0.25, -0.2) is 4.79 Å². The van der Waals surface area contributed by atoms with Gasteiger partial charge >= 0.3 is 12.1 Å². The number of amides is 1. The smallest absolute Gasteiger partial charge is 0.410 e. The van der Waals surface area contributed by atoms with E-state index < -0.39 is 17.7 Å². The van der Waals surface area contributed by atoms with E-state index in [0.717, 1.165) is 5.56 Å². The largest absolute Gasteiger partial charge is 0.497 e. The Morgan fingerprint density at radius 1 is 1.55 bits per heavy atom. The average molecular weight is 279 g/mol. The molecular weight excluding hydrogens is 262 g/mol. The van der Waals surface area contributed by atoms with Gasteiger partial charge in [-0.15, -0.1) is 0 Å². The molecule has 0 bridgehead atoms. The second-order valence-electron chi connectivity index (χ2n) is 5.10. The number of carboxylic acids is 1. The summed E-state index contributed by atoms with van der Waals surface area (Å²) in [5.41, 5.74) is -0.0669. The van der Waals surface area contributed by atoms with E-state index in [1.54, 1.807) is 14.0 Å². The van der Waals surface area contributed by atoms with Gasteiger partial charge in [0.2, 0.25) is 0 Å². The molecule has 0 aliphatic carbocycles. The first-order valence-corrected chi connectivity index (χ1v) is 6.24. The van der Waals surface area contributed by atoms with E-state index in [1.165, 1.54) is 4.90 Å². The zero-order valence-electron chi connectivity index (χ0n) is 11.5. The summed E-state index contributed by atoms with van der Waals surface area (Å²) in [6.45, 7) is 2.26. The lowest BCUT2D eigenvalue weighted by atomic mass is 10.0. The topological polar surface area (TPSA) is 76.1 Å². The van der Waals surface area contributed by atoms with Crippen molar-refractivity contribution in [1.29, 1.82) is 0 Å². The summed E-state index contributed by atoms with van der Waals surface area (Å²) in [7, 11) is 1.58. The number of benzene rings is 1. The van der Waals surface area contributed by atoms with Crippen molar-refractivity contribution in [2.75, 3.05) is 13.7 Å². The molecule has 2 rings (SSSR count). The van der Waals surface area contributed by atoms with Gasteiger partial charge in [-0.1, -0.05) is 12.1 Å². The van der Waals surface area contributed by atoms with Crippen LogP contribution in [0.1, 0.15) is 18.9 Å². The van der Waals surface area contributed by atoms with Crippen molar-refractivity contribution in [2.45, 2.75) is 25.5 Å². The normalized spacial score (nSPS) is 21.7. The molecule has 0 spiro atoms. The third-order valence-corrected chi connectivity index (χ3v) is 3.15. The van der Waals surface area contributed by atoms with Crippen molar-refractivity contribution in [3.05, 3.63) is 29.8 Å². The Hall–Kier alpha value is -2.24. The number of nitrogens with zero attached hydrogens (tertiary/aromatic N) is 1. The molecule has 1 amide bonds. The van der Waals surface area contributed by atoms with Gasteiger partial charge in [0, 0.05) is 6.54 Å². The van der Waals surface area contributed by atoms with E-state index in [4.69, 9.17) is 14.6 Å². The molecule has 1 aromatic rings. The molecule has 1 aromatic carbocycles. The molecule has 0 radical (unpaired) electrons. The van der Waals surface area contributed by atoms with Crippen molar-refractivity contribution in [1.82, 2.24) is 4.90 Å². The van der Waals surface area contributed by atoms with Crippen molar-refractivity contribution in [3.63, 3.8) is 0 Å². The molecule has 1 atom stereocenters. The average Bonchev–Trinajstić information content (AvgIpc) is 2.63. The van der Waals surface area contributed by atoms with Crippen molar-refractivity contribution in [3.8, 4) is 5.75 Å². The van der Waals surface area contributed by atoms with E-state index in [0.29, 0.717) is 12.3 Å². The van der Waals surface area contributed by atoms with Gasteiger partial charge in [0.15, 0.2) is 0 Å². The van der Waals surface area contributed by atoms with Crippen molar-refractivity contribution in [2.24, 2.45) is 0 Å². The van der Waals surface area contributed by atoms with Crippen LogP contribution in [0.4, 0.5) is 4.79 Å². The lowest BCUT2D eigenvalue weighted by Crippen LogP contribution is -2.33. The molecule has 108 valence electrons. The van der Waals surface area contributed by atoms with Gasteiger partial charge in [-0.05, 0) is 24.6 Å². The van der Waals surface area contributed by atoms with Gasteiger partial charge in [-0.3, -0.25) is 9.69 Å². The standard InChI is InChI=1S/C14H17NO5/c1-14(7-12(16)17)9-15(13(18)20-14)8-10-4-3-5-11(6-10)19-2/h3-6H,7-9H2,1-2H3,(H,16,17). The van der Waals surface area contributed by atoms with Gasteiger partial charge in [0.05, 0.1) is 20.1 Å². The van der Waals surface area contributed by atoms with Gasteiger partial charge in [-0.2, -0.15) is 0 Å². The maximum absolute atomic E-state index is 11.8. The Labute approximate surface area is 116 Å². The van der Waals surface area contributed by atoms with Crippen LogP contribution >= 0.6 is 0 Å². The summed E-state index contributed by atoms with van der Waals surface area (Å²) in [6.07, 6.45) is -0.690. The highest BCUT2D eigenvalue weighted by molar-refractivity contribution is 5.74. The predicted octanol–water partition coefficient (Wildman–Crippen LogP) is 1.88. The Balaban J connectivity index is 2.06. The molecule has 20 heavy (non-hydrogen) atoms. The third-order valence-electron chi connectivity index (χ3n) is 3.15. The van der Waals surface area contributed by atoms with Crippen LogP contribution in [0.25, 0.3) is 0 Å². The lowest BCUT2D eigenvalue weighted by molar-refractivity contribution is -0.140. The first-order valence-electron chi connectivity index (χ1n) is 6.24. The fourth-order valence-corrected chi connectivity index (χ4v) is 2.30. The number of carbonyl (C=O) groups is 2. The summed E-state index contributed by atoms with van der Waals surface area (Å²) in [5, 5.41) is 8.84. The highest BCUT2D eigenvalue weighted by atomic mass is 16.6. The molecule has 0 aromatic heterocycles. The number of carboxylic acid groups (broad SMARTS) is 1. The van der Waals surface area contributed by atoms with Crippen LogP contribution in [0.2, 0.25) is 0 Å². The predicted molar refractivity (Wildman–Crippen MR) is 70.5 cm³/mol. The Kier molecular flexibility index (Phi) is 3.83. The van der Waals surface area contributed by atoms with Crippen LogP contribution in [0.15, 0.2) is 24.3 Å². The number of hydrogen-bond donors (Lipinski definition) is 1. The number of ether oxygens (including phenoxy) is 2. The van der Waals surface area contributed by atoms with Crippen LogP contribution in [0, 0.1) is 0 Å². The van der Waals surface area contributed by atoms with E-state index in [-0.39, 0.29) is 13.0 Å². The Morgan fingerprint density at radius 3 is 2.95 bits per heavy atom. The number of rotatable bonds is 5. The molecule has 1 fully saturated rings. The second kappa shape index (κ2) is 5.40. The lowest BCUT2D eigenvalue weighted by Gasteiger charge is -2.19. The minimum Gasteiger partial charge on any atom is -0.497 e. The van der Waals surface area contributed by atoms with E-state index in [9.17, 15) is 9.59 Å². The SMILES string of the molecule is COc1cccc(CN2CC(C)(CC(=O)O)OC2=O)c1. The molecule has 1 N–H and O–H groups in total. The van der Waals surface area contributed by atoms with Crippen LogP contribution in [0.3, 0.4) is 0 Å². The molecule has 1 saturated heterocycles. The number of hydrogen-bond acceptors (Lipinski definition) is 4. The molecule has 1 aliphatic heterocycles. The van der Waals surface area contributed by atoms with Crippen LogP contribution in [0.5, 0.6) is 5.75 Å². The maximum Gasteiger partial charge on any atom is 0.410 e. The summed E-state index contributed by atoms with van der Waals surface area (Å²) in [6, 6.07) is 7.37. The fraction of sp³-hybridized carbons (Fsp3) is 0.429. The van der Waals surface area contributed by atoms with Gasteiger partial charge in [0.25, 0.3) is 0 Å². The Bertz CT molecular complexity index is 530. The maximum atomic E-state index is 11.8. The molecule has 1 aliphatic rings. The molecule has 1 unspecified atom stereocenters. The minimum atomic E-state index is -0.983. The fourth-order valence-electron chi connectivity index (χ4n) is 2.30. The minimum absolute atomic E-state index is 0.201. The zero-order valence-corrected chi connectivity index (χ0v) is 11.5. The first-order chi connectivity index (χ1) is 9.42. The van der Waals surface area contributed by atoms with E-state index in [2.05, 4.69) is 0 Å². The van der Waals surface area contributed by atoms with Crippen LogP contribution in [-0.4, -0.2) is 41.3 Å². The summed E-state index contributed by atoms with van der Waals surface area (Å²) >= 11 is 0. The van der Waals surface area contributed by atoms with Crippen molar-refractivity contribution < 1.29 is 24.2 Å².